The number of benzene rings is 4. The maximum Gasteiger partial charge on any atom is 0.455 e. The number of carbonyl (C=O) groups excluding carboxylic acids is 2. The van der Waals surface area contributed by atoms with Gasteiger partial charge in [-0.05, 0) is 133 Å². The molecule has 270 valence electrons. The minimum Gasteiger partial charge on any atom is -0.508 e. The van der Waals surface area contributed by atoms with Crippen LogP contribution in [0.5, 0.6) is 11.5 Å². The van der Waals surface area contributed by atoms with E-state index in [4.69, 9.17) is 9.39 Å². The zero-order chi connectivity index (χ0) is 37.0. The highest BCUT2D eigenvalue weighted by Crippen LogP contribution is 2.51. The number of phenolic OH excluding ortho intramolecular Hbond substituents is 1. The summed E-state index contributed by atoms with van der Waals surface area (Å²) in [6.45, 7) is 0.225. The van der Waals surface area contributed by atoms with Gasteiger partial charge in [-0.2, -0.15) is 0 Å². The number of hydrogen-bond acceptors (Lipinski definition) is 8. The molecule has 9 nitrogen and oxygen atoms in total. The van der Waals surface area contributed by atoms with Crippen LogP contribution in [0, 0.1) is 17.8 Å². The molecular weight excluding hydrogens is 677 g/mol. The minimum atomic E-state index is -1.12. The van der Waals surface area contributed by atoms with Gasteiger partial charge in [-0.3, -0.25) is 19.5 Å². The number of aromatic hydroxyl groups is 1. The molecule has 3 N–H and O–H groups in total. The van der Waals surface area contributed by atoms with Gasteiger partial charge in [-0.25, -0.2) is 0 Å². The summed E-state index contributed by atoms with van der Waals surface area (Å²) in [5.41, 5.74) is 6.69. The van der Waals surface area contributed by atoms with Crippen LogP contribution in [-0.2, 0) is 14.2 Å². The van der Waals surface area contributed by atoms with Crippen LogP contribution >= 0.6 is 0 Å². The van der Waals surface area contributed by atoms with Gasteiger partial charge in [0.15, 0.2) is 0 Å². The Bertz CT molecular complexity index is 2180. The molecule has 0 unspecified atom stereocenters. The van der Waals surface area contributed by atoms with E-state index in [0.717, 1.165) is 39.4 Å². The molecule has 8 rings (SSSR count). The summed E-state index contributed by atoms with van der Waals surface area (Å²) < 4.78 is 12.6. The molecule has 2 aliphatic heterocycles. The lowest BCUT2D eigenvalue weighted by Gasteiger charge is -2.43. The number of nitrogens with one attached hydrogen (secondary N) is 1. The number of aromatic nitrogens is 1. The van der Waals surface area contributed by atoms with Crippen LogP contribution in [0.4, 0.5) is 17.1 Å². The fourth-order valence-corrected chi connectivity index (χ4v) is 8.15. The number of hydrogen-bond donors (Lipinski definition) is 3. The van der Waals surface area contributed by atoms with Crippen LogP contribution in [0.3, 0.4) is 0 Å². The third-order valence-electron chi connectivity index (χ3n) is 10.5. The van der Waals surface area contributed by atoms with Crippen molar-refractivity contribution in [3.05, 3.63) is 156 Å². The third kappa shape index (κ3) is 7.44. The molecule has 3 heterocycles. The SMILES string of the molecule is O=C1[C@@H]2[C@@H](CC(COc3ccccc3)=C3[C@@H](CC/C(=C/c4cccc(O)c4)c4ccccn4)OB(O)C[C@@H]32)C(=O)N1c1ccc(Nc2ccccc2)cc1. The van der Waals surface area contributed by atoms with E-state index < -0.39 is 31.0 Å². The maximum atomic E-state index is 14.4. The number of pyridine rings is 1. The Morgan fingerprint density at radius 1 is 0.870 bits per heavy atom. The Morgan fingerprint density at radius 3 is 2.35 bits per heavy atom. The third-order valence-corrected chi connectivity index (χ3v) is 10.5. The average molecular weight is 718 g/mol. The molecule has 2 amide bonds. The second-order valence-electron chi connectivity index (χ2n) is 14.0. The number of ether oxygens (including phenoxy) is 1. The Morgan fingerprint density at radius 2 is 1.61 bits per heavy atom. The standard InChI is InChI=1S/C44H40BN3O6/c49-35-13-9-10-29(25-35)24-30(39-16-7-8-23-46-39)17-22-40-41-31(28-53-36-14-5-2-6-15-36)26-37-42(38(41)27-45(52)54-40)44(51)48(43(37)50)34-20-18-33(19-21-34)47-32-11-3-1-4-12-32/h1-16,18-21,23-25,37-38,40,42,47,49,52H,17,22,26-28H2/b30-24-/t37-,38+,40-,42-/m1/s1. The second-order valence-corrected chi connectivity index (χ2v) is 14.0. The van der Waals surface area contributed by atoms with Gasteiger partial charge in [0.1, 0.15) is 18.1 Å². The van der Waals surface area contributed by atoms with Crippen molar-refractivity contribution in [2.45, 2.75) is 31.7 Å². The van der Waals surface area contributed by atoms with Crippen molar-refractivity contribution in [2.24, 2.45) is 17.8 Å². The monoisotopic (exact) mass is 717 g/mol. The van der Waals surface area contributed by atoms with E-state index in [9.17, 15) is 19.7 Å². The minimum absolute atomic E-state index is 0.167. The van der Waals surface area contributed by atoms with Gasteiger partial charge in [0.05, 0.1) is 29.3 Å². The van der Waals surface area contributed by atoms with E-state index in [1.807, 2.05) is 103 Å². The molecule has 4 aromatic carbocycles. The molecule has 1 aromatic heterocycles. The highest BCUT2D eigenvalue weighted by atomic mass is 16.5. The second kappa shape index (κ2) is 15.6. The molecule has 0 spiro atoms. The molecule has 0 bridgehead atoms. The largest absolute Gasteiger partial charge is 0.508 e. The topological polar surface area (TPSA) is 121 Å². The zero-order valence-electron chi connectivity index (χ0n) is 29.6. The van der Waals surface area contributed by atoms with Crippen molar-refractivity contribution < 1.29 is 29.1 Å². The number of carbonyl (C=O) groups is 2. The summed E-state index contributed by atoms with van der Waals surface area (Å²) >= 11 is 0. The van der Waals surface area contributed by atoms with Crippen LogP contribution < -0.4 is 15.0 Å². The predicted molar refractivity (Wildman–Crippen MR) is 210 cm³/mol. The van der Waals surface area contributed by atoms with Crippen molar-refractivity contribution in [3.8, 4) is 11.5 Å². The van der Waals surface area contributed by atoms with Crippen LogP contribution in [0.2, 0.25) is 6.32 Å². The number of anilines is 3. The molecular formula is C44H40BN3O6. The fourth-order valence-electron chi connectivity index (χ4n) is 8.15. The van der Waals surface area contributed by atoms with E-state index in [1.165, 1.54) is 4.90 Å². The normalized spacial score (nSPS) is 21.2. The lowest BCUT2D eigenvalue weighted by atomic mass is 9.58. The van der Waals surface area contributed by atoms with Gasteiger partial charge in [0, 0.05) is 17.6 Å². The fraction of sp³-hybridized carbons (Fsp3) is 0.205. The number of phenols is 1. The number of imide groups is 1. The first kappa shape index (κ1) is 35.1. The molecule has 2 saturated heterocycles. The van der Waals surface area contributed by atoms with Gasteiger partial charge in [0.25, 0.3) is 0 Å². The smallest absolute Gasteiger partial charge is 0.455 e. The lowest BCUT2D eigenvalue weighted by molar-refractivity contribution is -0.122. The van der Waals surface area contributed by atoms with E-state index in [2.05, 4.69) is 10.3 Å². The molecule has 10 heteroatoms. The van der Waals surface area contributed by atoms with E-state index in [-0.39, 0.29) is 30.5 Å². The summed E-state index contributed by atoms with van der Waals surface area (Å²) in [6, 6.07) is 39.4. The number of rotatable bonds is 11. The molecule has 2 fully saturated rings. The summed E-state index contributed by atoms with van der Waals surface area (Å²) in [7, 11) is -1.12. The summed E-state index contributed by atoms with van der Waals surface area (Å²) in [5.74, 6) is -1.29. The molecule has 54 heavy (non-hydrogen) atoms. The highest BCUT2D eigenvalue weighted by molar-refractivity contribution is 6.43. The van der Waals surface area contributed by atoms with Gasteiger partial charge in [-0.1, -0.05) is 54.6 Å². The van der Waals surface area contributed by atoms with Crippen molar-refractivity contribution in [2.75, 3.05) is 16.8 Å². The van der Waals surface area contributed by atoms with Crippen molar-refractivity contribution in [1.29, 1.82) is 0 Å². The molecule has 5 aromatic rings. The van der Waals surface area contributed by atoms with Crippen LogP contribution in [0.15, 0.2) is 145 Å². The molecule has 1 aliphatic carbocycles. The van der Waals surface area contributed by atoms with Crippen molar-refractivity contribution in [1.82, 2.24) is 4.98 Å². The lowest BCUT2D eigenvalue weighted by Crippen LogP contribution is -2.46. The first-order valence-electron chi connectivity index (χ1n) is 18.4. The first-order valence-corrected chi connectivity index (χ1v) is 18.4. The van der Waals surface area contributed by atoms with Crippen molar-refractivity contribution >= 4 is 47.6 Å². The predicted octanol–water partition coefficient (Wildman–Crippen LogP) is 7.93. The Balaban J connectivity index is 1.10. The quantitative estimate of drug-likeness (QED) is 0.0716. The number of para-hydroxylation sites is 2. The molecule has 0 saturated carbocycles. The Kier molecular flexibility index (Phi) is 10.1. The summed E-state index contributed by atoms with van der Waals surface area (Å²) in [4.78, 5) is 34.6. The Hall–Kier alpha value is -5.97. The zero-order valence-corrected chi connectivity index (χ0v) is 29.6. The van der Waals surface area contributed by atoms with Crippen LogP contribution in [0.25, 0.3) is 11.6 Å². The Labute approximate surface area is 314 Å². The molecule has 0 radical (unpaired) electrons. The van der Waals surface area contributed by atoms with Gasteiger partial charge in [-0.15, -0.1) is 0 Å². The first-order chi connectivity index (χ1) is 26.4. The van der Waals surface area contributed by atoms with Crippen LogP contribution in [-0.4, -0.2) is 46.8 Å². The van der Waals surface area contributed by atoms with E-state index in [1.54, 1.807) is 36.5 Å². The number of nitrogens with zero attached hydrogens (tertiary/aromatic N) is 2. The van der Waals surface area contributed by atoms with Crippen molar-refractivity contribution in [3.63, 3.8) is 0 Å². The van der Waals surface area contributed by atoms with E-state index >= 15 is 0 Å². The van der Waals surface area contributed by atoms with Crippen LogP contribution in [0.1, 0.15) is 30.5 Å². The summed E-state index contributed by atoms with van der Waals surface area (Å²) in [5, 5.41) is 24.7. The van der Waals surface area contributed by atoms with Gasteiger partial charge < -0.3 is 24.8 Å². The highest BCUT2D eigenvalue weighted by Gasteiger charge is 2.57. The van der Waals surface area contributed by atoms with E-state index in [0.29, 0.717) is 30.7 Å². The average Bonchev–Trinajstić information content (AvgIpc) is 3.45. The number of allylic oxidation sites excluding steroid dienone is 1. The maximum absolute atomic E-state index is 14.4. The summed E-state index contributed by atoms with van der Waals surface area (Å²) in [6.07, 6.45) is 4.77. The number of fused-ring (bicyclic) bond motifs is 3. The molecule has 3 aliphatic rings. The van der Waals surface area contributed by atoms with Gasteiger partial charge >= 0.3 is 7.12 Å². The molecule has 4 atom stereocenters. The van der Waals surface area contributed by atoms with Gasteiger partial charge in [0.2, 0.25) is 11.8 Å². The number of amides is 2.